The van der Waals surface area contributed by atoms with Gasteiger partial charge in [0.15, 0.2) is 6.61 Å². The molecule has 13 heteroatoms. The standard InChI is InChI=1S/C37H45Cl2N3O7S/c1-37(2,3)49-32(43)22-48-25-11-9-10-23(20-25)18-19-40-35(44)33-26-12-5-6-13-27(26)36(45)42(34(33)28-17-16-24(38)21-29(28)39)31-15-8-7-14-30(31)41-50(4,46)47/h9-13,16-17,20-21,30-31,33-34,41H,5-8,14-15,18-19,22H2,1-4H3,(H,40,44)/t30-,31-,33+,34-/m0/s1. The fourth-order valence-corrected chi connectivity index (χ4v) is 8.45. The number of likely N-dealkylation sites (tertiary alicyclic amines) is 1. The summed E-state index contributed by atoms with van der Waals surface area (Å²) >= 11 is 13.1. The number of amides is 2. The van der Waals surface area contributed by atoms with Gasteiger partial charge in [-0.05, 0) is 93.8 Å². The molecule has 2 amide bonds. The minimum absolute atomic E-state index is 0.227. The van der Waals surface area contributed by atoms with Crippen LogP contribution in [0.2, 0.25) is 10.0 Å². The van der Waals surface area contributed by atoms with E-state index in [1.807, 2.05) is 30.4 Å². The molecule has 0 bridgehead atoms. The summed E-state index contributed by atoms with van der Waals surface area (Å²) < 4.78 is 38.7. The Bertz CT molecular complexity index is 1790. The SMILES string of the molecule is CC(C)(C)OC(=O)COc1cccc(CCNC(=O)[C@@H]2C3=CCCC=C3C(=O)N([C@H]3CCCC[C@@H]3NS(C)(=O)=O)[C@H]2c2ccc(Cl)cc2Cl)c1. The Kier molecular flexibility index (Phi) is 12.0. The third-order valence-electron chi connectivity index (χ3n) is 9.01. The van der Waals surface area contributed by atoms with Crippen molar-refractivity contribution in [3.63, 3.8) is 0 Å². The average molecular weight is 747 g/mol. The molecule has 5 rings (SSSR count). The van der Waals surface area contributed by atoms with Gasteiger partial charge in [0.1, 0.15) is 11.4 Å². The molecule has 2 N–H and O–H groups in total. The number of rotatable bonds is 11. The quantitative estimate of drug-likeness (QED) is 0.267. The van der Waals surface area contributed by atoms with E-state index in [9.17, 15) is 22.8 Å². The van der Waals surface area contributed by atoms with Crippen molar-refractivity contribution in [2.24, 2.45) is 5.92 Å². The third-order valence-corrected chi connectivity index (χ3v) is 10.3. The number of nitrogens with one attached hydrogen (secondary N) is 2. The van der Waals surface area contributed by atoms with Gasteiger partial charge in [-0.3, -0.25) is 9.59 Å². The number of ether oxygens (including phenoxy) is 2. The molecule has 2 aliphatic carbocycles. The molecule has 10 nitrogen and oxygen atoms in total. The largest absolute Gasteiger partial charge is 0.482 e. The Labute approximate surface area is 304 Å². The zero-order chi connectivity index (χ0) is 36.2. The van der Waals surface area contributed by atoms with Crippen LogP contribution >= 0.6 is 23.2 Å². The zero-order valence-electron chi connectivity index (χ0n) is 28.8. The second kappa shape index (κ2) is 15.9. The monoisotopic (exact) mass is 745 g/mol. The maximum absolute atomic E-state index is 14.5. The van der Waals surface area contributed by atoms with Crippen LogP contribution in [0.3, 0.4) is 0 Å². The van der Waals surface area contributed by atoms with Crippen molar-refractivity contribution in [3.05, 3.63) is 86.9 Å². The molecule has 2 aromatic rings. The summed E-state index contributed by atoms with van der Waals surface area (Å²) in [4.78, 5) is 42.8. The first kappa shape index (κ1) is 37.9. The van der Waals surface area contributed by atoms with Crippen LogP contribution in [-0.4, -0.2) is 68.2 Å². The van der Waals surface area contributed by atoms with Gasteiger partial charge in [0.05, 0.1) is 18.2 Å². The fourth-order valence-electron chi connectivity index (χ4n) is 7.11. The van der Waals surface area contributed by atoms with Crippen LogP contribution in [-0.2, 0) is 35.6 Å². The molecule has 3 aliphatic rings. The Balaban J connectivity index is 1.42. The highest BCUT2D eigenvalue weighted by atomic mass is 35.5. The van der Waals surface area contributed by atoms with Crippen molar-refractivity contribution >= 4 is 51.0 Å². The highest BCUT2D eigenvalue weighted by molar-refractivity contribution is 7.88. The highest BCUT2D eigenvalue weighted by Crippen LogP contribution is 2.48. The first-order chi connectivity index (χ1) is 23.6. The lowest BCUT2D eigenvalue weighted by Crippen LogP contribution is -2.60. The van der Waals surface area contributed by atoms with Gasteiger partial charge in [-0.2, -0.15) is 0 Å². The van der Waals surface area contributed by atoms with Gasteiger partial charge in [0.25, 0.3) is 5.91 Å². The lowest BCUT2D eigenvalue weighted by Gasteiger charge is -2.50. The Morgan fingerprint density at radius 1 is 1.02 bits per heavy atom. The second-order valence-electron chi connectivity index (χ2n) is 14.1. The van der Waals surface area contributed by atoms with E-state index in [1.165, 1.54) is 0 Å². The van der Waals surface area contributed by atoms with Crippen LogP contribution in [0, 0.1) is 5.92 Å². The molecule has 50 heavy (non-hydrogen) atoms. The molecular formula is C37H45Cl2N3O7S. The lowest BCUT2D eigenvalue weighted by atomic mass is 9.73. The smallest absolute Gasteiger partial charge is 0.344 e. The van der Waals surface area contributed by atoms with Gasteiger partial charge in [-0.1, -0.05) is 66.4 Å². The van der Waals surface area contributed by atoms with Gasteiger partial charge in [0.2, 0.25) is 15.9 Å². The molecule has 2 fully saturated rings. The van der Waals surface area contributed by atoms with Crippen molar-refractivity contribution in [2.75, 3.05) is 19.4 Å². The summed E-state index contributed by atoms with van der Waals surface area (Å²) in [6, 6.07) is 10.5. The highest BCUT2D eigenvalue weighted by Gasteiger charge is 2.51. The van der Waals surface area contributed by atoms with Gasteiger partial charge >= 0.3 is 5.97 Å². The number of carbonyl (C=O) groups is 3. The number of allylic oxidation sites excluding steroid dienone is 2. The summed E-state index contributed by atoms with van der Waals surface area (Å²) in [5, 5.41) is 3.84. The Morgan fingerprint density at radius 2 is 1.76 bits per heavy atom. The van der Waals surface area contributed by atoms with Gasteiger partial charge in [-0.15, -0.1) is 0 Å². The summed E-state index contributed by atoms with van der Waals surface area (Å²) in [6.07, 6.45) is 9.50. The topological polar surface area (TPSA) is 131 Å². The van der Waals surface area contributed by atoms with Crippen molar-refractivity contribution < 1.29 is 32.3 Å². The number of halogens is 2. The minimum atomic E-state index is -3.59. The maximum Gasteiger partial charge on any atom is 0.344 e. The van der Waals surface area contributed by atoms with Crippen LogP contribution in [0.4, 0.5) is 0 Å². The molecule has 270 valence electrons. The van der Waals surface area contributed by atoms with Gasteiger partial charge in [-0.25, -0.2) is 17.9 Å². The molecule has 1 aliphatic heterocycles. The van der Waals surface area contributed by atoms with Crippen molar-refractivity contribution in [1.29, 1.82) is 0 Å². The predicted octanol–water partition coefficient (Wildman–Crippen LogP) is 6.08. The number of carbonyl (C=O) groups excluding carboxylic acids is 3. The number of esters is 1. The number of nitrogens with zero attached hydrogens (tertiary/aromatic N) is 1. The molecule has 1 heterocycles. The normalized spacial score (nSPS) is 22.6. The molecule has 1 saturated heterocycles. The third kappa shape index (κ3) is 9.48. The van der Waals surface area contributed by atoms with E-state index in [0.717, 1.165) is 24.7 Å². The zero-order valence-corrected chi connectivity index (χ0v) is 31.2. The number of hydrogen-bond acceptors (Lipinski definition) is 7. The van der Waals surface area contributed by atoms with Crippen LogP contribution in [0.15, 0.2) is 65.8 Å². The van der Waals surface area contributed by atoms with E-state index in [4.69, 9.17) is 32.7 Å². The van der Waals surface area contributed by atoms with Crippen LogP contribution in [0.1, 0.15) is 76.5 Å². The molecule has 4 atom stereocenters. The molecule has 0 unspecified atom stereocenters. The Morgan fingerprint density at radius 3 is 2.48 bits per heavy atom. The van der Waals surface area contributed by atoms with E-state index >= 15 is 0 Å². The maximum atomic E-state index is 14.5. The number of fused-ring (bicyclic) bond motifs is 1. The van der Waals surface area contributed by atoms with Gasteiger partial charge < -0.3 is 19.7 Å². The van der Waals surface area contributed by atoms with Crippen LogP contribution in [0.5, 0.6) is 5.75 Å². The fraction of sp³-hybridized carbons (Fsp3) is 0.486. The molecule has 0 radical (unpaired) electrons. The summed E-state index contributed by atoms with van der Waals surface area (Å²) in [7, 11) is -3.59. The summed E-state index contributed by atoms with van der Waals surface area (Å²) in [5.41, 5.74) is 1.95. The van der Waals surface area contributed by atoms with E-state index in [-0.39, 0.29) is 25.0 Å². The van der Waals surface area contributed by atoms with Crippen molar-refractivity contribution in [2.45, 2.75) is 89.4 Å². The number of sulfonamides is 1. The number of hydrogen-bond donors (Lipinski definition) is 2. The van der Waals surface area contributed by atoms with Crippen LogP contribution < -0.4 is 14.8 Å². The molecular weight excluding hydrogens is 701 g/mol. The van der Waals surface area contributed by atoms with Crippen LogP contribution in [0.25, 0.3) is 0 Å². The number of benzene rings is 2. The second-order valence-corrected chi connectivity index (χ2v) is 16.7. The van der Waals surface area contributed by atoms with Crippen molar-refractivity contribution in [3.8, 4) is 5.75 Å². The molecule has 0 spiro atoms. The first-order valence-corrected chi connectivity index (χ1v) is 19.6. The first-order valence-electron chi connectivity index (χ1n) is 17.0. The van der Waals surface area contributed by atoms with E-state index in [2.05, 4.69) is 10.0 Å². The average Bonchev–Trinajstić information content (AvgIpc) is 3.03. The Hall–Kier alpha value is -3.38. The van der Waals surface area contributed by atoms with E-state index in [1.54, 1.807) is 49.9 Å². The molecule has 2 aromatic carbocycles. The molecule has 1 saturated carbocycles. The number of piperidine rings is 1. The summed E-state index contributed by atoms with van der Waals surface area (Å²) in [6.45, 7) is 5.43. The molecule has 0 aromatic heterocycles. The van der Waals surface area contributed by atoms with E-state index < -0.39 is 45.6 Å². The predicted molar refractivity (Wildman–Crippen MR) is 193 cm³/mol. The lowest BCUT2D eigenvalue weighted by molar-refractivity contribution is -0.157. The van der Waals surface area contributed by atoms with Crippen molar-refractivity contribution in [1.82, 2.24) is 14.9 Å². The summed E-state index contributed by atoms with van der Waals surface area (Å²) in [5.74, 6) is -1.31. The van der Waals surface area contributed by atoms with Gasteiger partial charge in [0, 0.05) is 34.2 Å². The van der Waals surface area contributed by atoms with E-state index in [0.29, 0.717) is 64.6 Å². The minimum Gasteiger partial charge on any atom is -0.482 e.